The Labute approximate surface area is 83.1 Å². The molecule has 0 aromatic carbocycles. The summed E-state index contributed by atoms with van der Waals surface area (Å²) in [6, 6.07) is 0. The van der Waals surface area contributed by atoms with E-state index in [-0.39, 0.29) is 84.1 Å². The zero-order valence-electron chi connectivity index (χ0n) is 1.49. The summed E-state index contributed by atoms with van der Waals surface area (Å²) in [7, 11) is 0. The maximum atomic E-state index is 0. The predicted octanol–water partition coefficient (Wildman–Crippen LogP) is -1.19. The first-order valence-electron chi connectivity index (χ1n) is 0. The first-order chi connectivity index (χ1) is 0. The maximum Gasteiger partial charge on any atom is 0.0814 e. The molecule has 0 aliphatic carbocycles. The molecule has 0 unspecified atom stereocenters. The van der Waals surface area contributed by atoms with Gasteiger partial charge in [0.15, 0.2) is 0 Å². The summed E-state index contributed by atoms with van der Waals surface area (Å²) in [5, 5.41) is 0. The fourth-order valence-electron chi connectivity index (χ4n) is 0. The van der Waals surface area contributed by atoms with E-state index >= 15 is 0 Å². The van der Waals surface area contributed by atoms with Crippen molar-refractivity contribution in [3.05, 3.63) is 0 Å². The van der Waals surface area contributed by atoms with Crippen LogP contribution in [0, 0.1) is 0 Å². The van der Waals surface area contributed by atoms with E-state index in [1.54, 1.807) is 0 Å². The largest absolute Gasteiger partial charge is 0.0814 e. The summed E-state index contributed by atoms with van der Waals surface area (Å²) in [5.74, 6) is 0. The Morgan fingerprint density at radius 2 is 0.800 bits per heavy atom. The van der Waals surface area contributed by atoms with E-state index in [4.69, 9.17) is 0 Å². The third-order valence-electron chi connectivity index (χ3n) is 0. The topological polar surface area (TPSA) is 0 Å². The Kier molecular flexibility index (Phi) is 329. The quantitative estimate of drug-likeness (QED) is 0.371. The molecule has 0 spiro atoms. The van der Waals surface area contributed by atoms with Crippen LogP contribution in [0.1, 0.15) is 0 Å². The minimum Gasteiger partial charge on any atom is 0 e. The van der Waals surface area contributed by atoms with Crippen LogP contribution in [0.5, 0.6) is 0 Å². The average molecular weight is 496 g/mol. The Balaban J connectivity index is 0. The van der Waals surface area contributed by atoms with Crippen molar-refractivity contribution in [3.8, 4) is 0 Å². The van der Waals surface area contributed by atoms with Crippen LogP contribution in [0.4, 0.5) is 0 Å². The van der Waals surface area contributed by atoms with Crippen molar-refractivity contribution in [1.82, 2.24) is 0 Å². The van der Waals surface area contributed by atoms with Crippen molar-refractivity contribution in [2.45, 2.75) is 0 Å². The zero-order valence-corrected chi connectivity index (χ0v) is 9.44. The van der Waals surface area contributed by atoms with Crippen molar-refractivity contribution in [2.24, 2.45) is 0 Å². The number of rotatable bonds is 0. The van der Waals surface area contributed by atoms with Crippen LogP contribution in [0.3, 0.4) is 0 Å². The molecule has 36 valence electrons. The van der Waals surface area contributed by atoms with Crippen molar-refractivity contribution in [3.63, 3.8) is 0 Å². The first kappa shape index (κ1) is 51.5. The average Bonchev–Trinajstić information content (AvgIpc) is 0. The molecular formula is H3BFeNiW2. The van der Waals surface area contributed by atoms with Gasteiger partial charge >= 0.3 is 0 Å². The minimum atomic E-state index is 0. The Bertz CT molecular complexity index is 9.61. The molecule has 0 nitrogen and oxygen atoms in total. The number of hydrogen-bond donors (Lipinski definition) is 0. The van der Waals surface area contributed by atoms with Crippen LogP contribution in [0.15, 0.2) is 0 Å². The van der Waals surface area contributed by atoms with E-state index in [0.717, 1.165) is 0 Å². The van der Waals surface area contributed by atoms with Gasteiger partial charge in [-0.05, 0) is 0 Å². The van der Waals surface area contributed by atoms with E-state index in [1.807, 2.05) is 0 Å². The van der Waals surface area contributed by atoms with Crippen LogP contribution in [-0.2, 0) is 75.7 Å². The van der Waals surface area contributed by atoms with Crippen LogP contribution in [-0.4, -0.2) is 8.41 Å². The van der Waals surface area contributed by atoms with Crippen LogP contribution < -0.4 is 0 Å². The van der Waals surface area contributed by atoms with Gasteiger partial charge in [-0.15, -0.1) is 0 Å². The summed E-state index contributed by atoms with van der Waals surface area (Å²) >= 11 is 0. The van der Waals surface area contributed by atoms with Gasteiger partial charge in [0.05, 0.1) is 8.41 Å². The molecule has 5 heteroatoms. The van der Waals surface area contributed by atoms with Crippen LogP contribution >= 0.6 is 0 Å². The molecule has 0 radical (unpaired) electrons. The molecule has 5 heavy (non-hydrogen) atoms. The molecule has 0 bridgehead atoms. The summed E-state index contributed by atoms with van der Waals surface area (Å²) in [5.41, 5.74) is 0. The van der Waals surface area contributed by atoms with Crippen molar-refractivity contribution >= 4 is 8.41 Å². The first-order valence-corrected chi connectivity index (χ1v) is 0. The summed E-state index contributed by atoms with van der Waals surface area (Å²) in [4.78, 5) is 0. The molecule has 0 aromatic rings. The molecular weight excluding hydrogens is 493 g/mol. The Morgan fingerprint density at radius 1 is 0.800 bits per heavy atom. The Morgan fingerprint density at radius 3 is 0.800 bits per heavy atom. The van der Waals surface area contributed by atoms with Crippen molar-refractivity contribution < 1.29 is 75.7 Å². The van der Waals surface area contributed by atoms with Gasteiger partial charge in [-0.2, -0.15) is 0 Å². The normalized spacial score (nSPS) is 0. The second kappa shape index (κ2) is 31.9. The van der Waals surface area contributed by atoms with Gasteiger partial charge in [0.1, 0.15) is 0 Å². The van der Waals surface area contributed by atoms with Gasteiger partial charge in [-0.3, -0.25) is 0 Å². The van der Waals surface area contributed by atoms with Crippen LogP contribution in [0.2, 0.25) is 0 Å². The monoisotopic (exact) mass is 496 g/mol. The molecule has 0 atom stereocenters. The van der Waals surface area contributed by atoms with Gasteiger partial charge in [0, 0.05) is 75.7 Å². The fourth-order valence-corrected chi connectivity index (χ4v) is 0. The summed E-state index contributed by atoms with van der Waals surface area (Å²) in [6.07, 6.45) is 0. The molecule has 0 fully saturated rings. The van der Waals surface area contributed by atoms with Gasteiger partial charge in [0.2, 0.25) is 0 Å². The molecule has 0 heterocycles. The molecule has 0 aliphatic rings. The van der Waals surface area contributed by atoms with E-state index in [1.165, 1.54) is 0 Å². The van der Waals surface area contributed by atoms with Crippen molar-refractivity contribution in [1.29, 1.82) is 0 Å². The summed E-state index contributed by atoms with van der Waals surface area (Å²) in [6.45, 7) is 0. The van der Waals surface area contributed by atoms with E-state index in [9.17, 15) is 0 Å². The van der Waals surface area contributed by atoms with Gasteiger partial charge in [0.25, 0.3) is 0 Å². The molecule has 0 amide bonds. The molecule has 0 saturated heterocycles. The van der Waals surface area contributed by atoms with Crippen molar-refractivity contribution in [2.75, 3.05) is 0 Å². The minimum absolute atomic E-state index is 0. The third kappa shape index (κ3) is 21.3. The molecule has 0 aromatic heterocycles. The molecule has 0 aliphatic heterocycles. The van der Waals surface area contributed by atoms with E-state index in [2.05, 4.69) is 0 Å². The standard InChI is InChI=1S/BH3.Fe.Ni.2W/h1H3;;;;. The van der Waals surface area contributed by atoms with Crippen LogP contribution in [0.25, 0.3) is 0 Å². The number of hydrogen-bond acceptors (Lipinski definition) is 0. The smallest absolute Gasteiger partial charge is 0 e. The second-order valence-corrected chi connectivity index (χ2v) is 0. The molecule has 0 rings (SSSR count). The van der Waals surface area contributed by atoms with Gasteiger partial charge in [-0.1, -0.05) is 0 Å². The summed E-state index contributed by atoms with van der Waals surface area (Å²) < 4.78 is 0. The fraction of sp³-hybridized carbons (Fsp3) is 0. The Hall–Kier alpha value is 2.45. The van der Waals surface area contributed by atoms with Gasteiger partial charge in [-0.25, -0.2) is 0 Å². The second-order valence-electron chi connectivity index (χ2n) is 0. The molecule has 0 saturated carbocycles. The maximum absolute atomic E-state index is 0. The SMILES string of the molecule is B.[Fe].[Ni].[W].[W]. The van der Waals surface area contributed by atoms with E-state index < -0.39 is 0 Å². The predicted molar refractivity (Wildman–Crippen MR) is 9.94 cm³/mol. The molecule has 0 N–H and O–H groups in total. The zero-order chi connectivity index (χ0) is 0. The van der Waals surface area contributed by atoms with E-state index in [0.29, 0.717) is 0 Å². The van der Waals surface area contributed by atoms with Gasteiger partial charge < -0.3 is 0 Å². The third-order valence-corrected chi connectivity index (χ3v) is 0.